The number of phenols is 1. The van der Waals surface area contributed by atoms with Crippen LogP contribution in [-0.4, -0.2) is 16.7 Å². The summed E-state index contributed by atoms with van der Waals surface area (Å²) in [6, 6.07) is 2.50. The Labute approximate surface area is 99.0 Å². The number of halogens is 1. The van der Waals surface area contributed by atoms with Crippen LogP contribution < -0.4 is 5.73 Å². The molecular weight excluding hydrogens is 230 g/mol. The second-order valence-corrected chi connectivity index (χ2v) is 4.78. The van der Waals surface area contributed by atoms with Crippen LogP contribution in [0.5, 0.6) is 5.75 Å². The molecule has 16 heavy (non-hydrogen) atoms. The number of anilines is 1. The monoisotopic (exact) mass is 243 g/mol. The van der Waals surface area contributed by atoms with Crippen LogP contribution in [0.3, 0.4) is 0 Å². The van der Waals surface area contributed by atoms with Crippen LogP contribution >= 0.6 is 11.6 Å². The molecule has 5 heteroatoms. The minimum atomic E-state index is -0.624. The van der Waals surface area contributed by atoms with E-state index in [4.69, 9.17) is 22.1 Å². The summed E-state index contributed by atoms with van der Waals surface area (Å²) in [6.07, 6.45) is 0. The SMILES string of the molecule is CC(C)(C)OC(=O)c1cc(O)cc(N)c1Cl. The van der Waals surface area contributed by atoms with E-state index in [1.54, 1.807) is 20.8 Å². The number of ether oxygens (including phenoxy) is 1. The van der Waals surface area contributed by atoms with E-state index >= 15 is 0 Å². The van der Waals surface area contributed by atoms with Crippen molar-refractivity contribution in [2.75, 3.05) is 5.73 Å². The molecule has 88 valence electrons. The molecule has 1 aromatic carbocycles. The fourth-order valence-corrected chi connectivity index (χ4v) is 1.30. The summed E-state index contributed by atoms with van der Waals surface area (Å²) in [7, 11) is 0. The number of carbonyl (C=O) groups excluding carboxylic acids is 1. The predicted molar refractivity (Wildman–Crippen MR) is 62.7 cm³/mol. The number of carbonyl (C=O) groups is 1. The number of nitrogens with two attached hydrogens (primary N) is 1. The summed E-state index contributed by atoms with van der Waals surface area (Å²) in [4.78, 5) is 11.7. The Hall–Kier alpha value is -1.42. The van der Waals surface area contributed by atoms with Crippen LogP contribution in [0.2, 0.25) is 5.02 Å². The number of esters is 1. The molecule has 0 saturated heterocycles. The Kier molecular flexibility index (Phi) is 3.33. The van der Waals surface area contributed by atoms with Gasteiger partial charge in [0.15, 0.2) is 0 Å². The van der Waals surface area contributed by atoms with Gasteiger partial charge < -0.3 is 15.6 Å². The molecule has 4 nitrogen and oxygen atoms in total. The number of hydrogen-bond acceptors (Lipinski definition) is 4. The third kappa shape index (κ3) is 3.03. The van der Waals surface area contributed by atoms with Gasteiger partial charge in [-0.1, -0.05) is 11.6 Å². The van der Waals surface area contributed by atoms with Crippen molar-refractivity contribution in [3.63, 3.8) is 0 Å². The van der Waals surface area contributed by atoms with Crippen LogP contribution in [0.4, 0.5) is 5.69 Å². The van der Waals surface area contributed by atoms with Gasteiger partial charge >= 0.3 is 5.97 Å². The maximum Gasteiger partial charge on any atom is 0.340 e. The van der Waals surface area contributed by atoms with Gasteiger partial charge in [-0.3, -0.25) is 0 Å². The van der Waals surface area contributed by atoms with Crippen molar-refractivity contribution in [2.24, 2.45) is 0 Å². The van der Waals surface area contributed by atoms with Crippen molar-refractivity contribution in [1.29, 1.82) is 0 Å². The average Bonchev–Trinajstić information content (AvgIpc) is 2.08. The van der Waals surface area contributed by atoms with Crippen LogP contribution in [0, 0.1) is 0 Å². The van der Waals surface area contributed by atoms with Gasteiger partial charge in [-0.25, -0.2) is 4.79 Å². The fourth-order valence-electron chi connectivity index (χ4n) is 1.11. The van der Waals surface area contributed by atoms with Crippen molar-refractivity contribution < 1.29 is 14.6 Å². The highest BCUT2D eigenvalue weighted by Crippen LogP contribution is 2.29. The topological polar surface area (TPSA) is 72.5 Å². The van der Waals surface area contributed by atoms with Gasteiger partial charge in [-0.2, -0.15) is 0 Å². The molecule has 0 saturated carbocycles. The minimum Gasteiger partial charge on any atom is -0.508 e. The van der Waals surface area contributed by atoms with Crippen LogP contribution in [0.15, 0.2) is 12.1 Å². The largest absolute Gasteiger partial charge is 0.508 e. The third-order valence-corrected chi connectivity index (χ3v) is 2.13. The summed E-state index contributed by atoms with van der Waals surface area (Å²) >= 11 is 5.85. The van der Waals surface area contributed by atoms with Gasteiger partial charge in [0.2, 0.25) is 0 Å². The molecule has 0 aliphatic rings. The summed E-state index contributed by atoms with van der Waals surface area (Å²) in [5, 5.41) is 9.41. The van der Waals surface area contributed by atoms with E-state index in [9.17, 15) is 9.90 Å². The lowest BCUT2D eigenvalue weighted by Crippen LogP contribution is -2.24. The molecule has 3 N–H and O–H groups in total. The first-order chi connectivity index (χ1) is 7.20. The van der Waals surface area contributed by atoms with E-state index in [0.29, 0.717) is 0 Å². The first kappa shape index (κ1) is 12.6. The maximum atomic E-state index is 11.7. The zero-order valence-corrected chi connectivity index (χ0v) is 10.1. The van der Waals surface area contributed by atoms with E-state index in [1.807, 2.05) is 0 Å². The van der Waals surface area contributed by atoms with E-state index in [1.165, 1.54) is 12.1 Å². The molecular formula is C11H14ClNO3. The minimum absolute atomic E-state index is 0.0640. The normalized spacial score (nSPS) is 11.2. The summed E-state index contributed by atoms with van der Waals surface area (Å²) in [5.74, 6) is -0.733. The highest BCUT2D eigenvalue weighted by molar-refractivity contribution is 6.36. The first-order valence-electron chi connectivity index (χ1n) is 4.72. The maximum absolute atomic E-state index is 11.7. The lowest BCUT2D eigenvalue weighted by molar-refractivity contribution is 0.00694. The molecule has 0 radical (unpaired) electrons. The van der Waals surface area contributed by atoms with Crippen molar-refractivity contribution in [1.82, 2.24) is 0 Å². The Morgan fingerprint density at radius 2 is 2.00 bits per heavy atom. The van der Waals surface area contributed by atoms with E-state index in [-0.39, 0.29) is 22.0 Å². The highest BCUT2D eigenvalue weighted by Gasteiger charge is 2.21. The number of rotatable bonds is 1. The molecule has 0 atom stereocenters. The summed E-state index contributed by atoms with van der Waals surface area (Å²) in [6.45, 7) is 5.22. The van der Waals surface area contributed by atoms with Gasteiger partial charge in [0.05, 0.1) is 16.3 Å². The Balaban J connectivity index is 3.09. The van der Waals surface area contributed by atoms with Gasteiger partial charge in [0.25, 0.3) is 0 Å². The first-order valence-corrected chi connectivity index (χ1v) is 5.10. The second-order valence-electron chi connectivity index (χ2n) is 4.40. The predicted octanol–water partition coefficient (Wildman–Crippen LogP) is 2.58. The molecule has 0 aliphatic heterocycles. The van der Waals surface area contributed by atoms with Crippen molar-refractivity contribution in [3.8, 4) is 5.75 Å². The van der Waals surface area contributed by atoms with E-state index in [0.717, 1.165) is 0 Å². The average molecular weight is 244 g/mol. The van der Waals surface area contributed by atoms with Crippen LogP contribution in [-0.2, 0) is 4.74 Å². The fraction of sp³-hybridized carbons (Fsp3) is 0.364. The molecule has 0 amide bonds. The summed E-state index contributed by atoms with van der Waals surface area (Å²) < 4.78 is 5.12. The van der Waals surface area contributed by atoms with Crippen LogP contribution in [0.25, 0.3) is 0 Å². The standard InChI is InChI=1S/C11H14ClNO3/c1-11(2,3)16-10(15)7-4-6(14)5-8(13)9(7)12/h4-5,14H,13H2,1-3H3. The quantitative estimate of drug-likeness (QED) is 0.587. The Morgan fingerprint density at radius 1 is 1.44 bits per heavy atom. The van der Waals surface area contributed by atoms with Crippen molar-refractivity contribution >= 4 is 23.3 Å². The van der Waals surface area contributed by atoms with E-state index in [2.05, 4.69) is 0 Å². The van der Waals surface area contributed by atoms with E-state index < -0.39 is 11.6 Å². The zero-order chi connectivity index (χ0) is 12.5. The molecule has 0 aliphatic carbocycles. The summed E-state index contributed by atoms with van der Waals surface area (Å²) in [5.41, 5.74) is 5.10. The smallest absolute Gasteiger partial charge is 0.340 e. The lowest BCUT2D eigenvalue weighted by atomic mass is 10.1. The number of phenolic OH excluding ortho intramolecular Hbond substituents is 1. The van der Waals surface area contributed by atoms with Crippen molar-refractivity contribution in [3.05, 3.63) is 22.7 Å². The molecule has 0 unspecified atom stereocenters. The molecule has 0 aromatic heterocycles. The number of hydrogen-bond donors (Lipinski definition) is 2. The van der Waals surface area contributed by atoms with Crippen LogP contribution in [0.1, 0.15) is 31.1 Å². The highest BCUT2D eigenvalue weighted by atomic mass is 35.5. The number of benzene rings is 1. The van der Waals surface area contributed by atoms with Gasteiger partial charge in [-0.15, -0.1) is 0 Å². The molecule has 0 heterocycles. The number of aromatic hydroxyl groups is 1. The number of nitrogen functional groups attached to an aromatic ring is 1. The Morgan fingerprint density at radius 3 is 2.50 bits per heavy atom. The molecule has 0 fully saturated rings. The van der Waals surface area contributed by atoms with Gasteiger partial charge in [0.1, 0.15) is 11.4 Å². The Bertz CT molecular complexity index is 424. The molecule has 0 spiro atoms. The lowest BCUT2D eigenvalue weighted by Gasteiger charge is -2.20. The molecule has 0 bridgehead atoms. The van der Waals surface area contributed by atoms with Gasteiger partial charge in [0, 0.05) is 6.07 Å². The molecule has 1 rings (SSSR count). The third-order valence-electron chi connectivity index (χ3n) is 1.70. The van der Waals surface area contributed by atoms with Gasteiger partial charge in [-0.05, 0) is 26.8 Å². The zero-order valence-electron chi connectivity index (χ0n) is 9.37. The molecule has 1 aromatic rings. The second kappa shape index (κ2) is 4.22. The van der Waals surface area contributed by atoms with Crippen molar-refractivity contribution in [2.45, 2.75) is 26.4 Å².